The predicted octanol–water partition coefficient (Wildman–Crippen LogP) is 2.18. The van der Waals surface area contributed by atoms with Gasteiger partial charge in [-0.15, -0.1) is 11.3 Å². The second kappa shape index (κ2) is 9.66. The Kier molecular flexibility index (Phi) is 6.25. The van der Waals surface area contributed by atoms with Crippen LogP contribution in [0, 0.1) is 0 Å². The largest absolute Gasteiger partial charge is 0.497 e. The minimum atomic E-state index is -1.20. The molecule has 4 amide bonds. The molecule has 0 saturated carbocycles. The summed E-state index contributed by atoms with van der Waals surface area (Å²) in [6.45, 7) is 0.0698. The fourth-order valence-electron chi connectivity index (χ4n) is 3.96. The first-order valence-corrected chi connectivity index (χ1v) is 11.7. The van der Waals surface area contributed by atoms with Crippen LogP contribution in [0.15, 0.2) is 47.8 Å². The summed E-state index contributed by atoms with van der Waals surface area (Å²) >= 11 is 1.03. The molecule has 183 valence electrons. The first-order chi connectivity index (χ1) is 17.5. The van der Waals surface area contributed by atoms with Gasteiger partial charge >= 0.3 is 6.03 Å². The average Bonchev–Trinajstić information content (AvgIpc) is 3.61. The third kappa shape index (κ3) is 4.45. The van der Waals surface area contributed by atoms with E-state index in [9.17, 15) is 19.2 Å². The van der Waals surface area contributed by atoms with Crippen LogP contribution in [-0.4, -0.2) is 54.0 Å². The molecule has 1 saturated heterocycles. The molecule has 1 radical (unpaired) electrons. The number of hydrogen-bond acceptors (Lipinski definition) is 9. The summed E-state index contributed by atoms with van der Waals surface area (Å²) in [4.78, 5) is 55.5. The standard InChI is InChI=1S/C24H19N4O7S/c1-33-16-5-2-13(3-6-16)8-17(21(30)27-23-25-15(10-29)11-36-23)28-22(31)20(26-24(28)32)14-4-7-18-19(9-14)35-12-34-18/h2-7,9,11,17,20H,8,12H2,1H3,(H,26,32)(H,25,27,30). The van der Waals surface area contributed by atoms with Gasteiger partial charge in [-0.25, -0.2) is 14.7 Å². The van der Waals surface area contributed by atoms with Crippen molar-refractivity contribution in [3.05, 3.63) is 64.7 Å². The lowest BCUT2D eigenvalue weighted by atomic mass is 10.0. The zero-order chi connectivity index (χ0) is 25.2. The van der Waals surface area contributed by atoms with Gasteiger partial charge in [0.05, 0.1) is 7.11 Å². The fraction of sp³-hybridized carbons (Fsp3) is 0.208. The van der Waals surface area contributed by atoms with E-state index in [0.717, 1.165) is 16.2 Å². The third-order valence-electron chi connectivity index (χ3n) is 5.74. The van der Waals surface area contributed by atoms with Crippen LogP contribution in [-0.2, 0) is 20.8 Å². The Hall–Kier alpha value is -4.45. The number of ether oxygens (including phenoxy) is 3. The maximum atomic E-state index is 13.5. The zero-order valence-corrected chi connectivity index (χ0v) is 19.7. The summed E-state index contributed by atoms with van der Waals surface area (Å²) < 4.78 is 15.9. The third-order valence-corrected chi connectivity index (χ3v) is 6.50. The lowest BCUT2D eigenvalue weighted by Crippen LogP contribution is -2.49. The number of fused-ring (bicyclic) bond motifs is 1. The first kappa shape index (κ1) is 23.3. The van der Waals surface area contributed by atoms with Crippen LogP contribution in [0.4, 0.5) is 9.93 Å². The Morgan fingerprint density at radius 2 is 2.03 bits per heavy atom. The number of thiazole rings is 1. The molecule has 2 N–H and O–H groups in total. The van der Waals surface area contributed by atoms with Crippen LogP contribution >= 0.6 is 11.3 Å². The van der Waals surface area contributed by atoms with E-state index >= 15 is 0 Å². The highest BCUT2D eigenvalue weighted by atomic mass is 32.1. The van der Waals surface area contributed by atoms with E-state index in [-0.39, 0.29) is 24.0 Å². The first-order valence-electron chi connectivity index (χ1n) is 10.8. The van der Waals surface area contributed by atoms with E-state index in [1.54, 1.807) is 48.8 Å². The van der Waals surface area contributed by atoms with Gasteiger partial charge in [-0.3, -0.25) is 14.4 Å². The van der Waals surface area contributed by atoms with Crippen molar-refractivity contribution in [1.82, 2.24) is 15.2 Å². The van der Waals surface area contributed by atoms with Gasteiger partial charge in [0.25, 0.3) is 12.2 Å². The molecule has 0 spiro atoms. The molecular weight excluding hydrogens is 488 g/mol. The summed E-state index contributed by atoms with van der Waals surface area (Å²) in [6.07, 6.45) is 1.69. The van der Waals surface area contributed by atoms with Crippen molar-refractivity contribution in [2.24, 2.45) is 0 Å². The van der Waals surface area contributed by atoms with Crippen molar-refractivity contribution < 1.29 is 33.4 Å². The molecule has 1 aromatic heterocycles. The zero-order valence-electron chi connectivity index (χ0n) is 18.8. The molecule has 2 aliphatic heterocycles. The highest BCUT2D eigenvalue weighted by Crippen LogP contribution is 2.36. The lowest BCUT2D eigenvalue weighted by Gasteiger charge is -2.24. The Morgan fingerprint density at radius 3 is 2.75 bits per heavy atom. The number of rotatable bonds is 8. The number of amides is 4. The highest BCUT2D eigenvalue weighted by molar-refractivity contribution is 7.14. The molecule has 2 aromatic carbocycles. The SMILES string of the molecule is COc1ccc(CC(C(=O)Nc2nc([C]=O)cs2)N2C(=O)NC(c3ccc4c(c3)OCO4)C2=O)cc1. The summed E-state index contributed by atoms with van der Waals surface area (Å²) in [5.74, 6) is 0.408. The number of benzene rings is 2. The number of urea groups is 1. The second-order valence-electron chi connectivity index (χ2n) is 7.90. The molecule has 3 aromatic rings. The summed E-state index contributed by atoms with van der Waals surface area (Å²) in [5.41, 5.74) is 1.23. The maximum Gasteiger partial charge on any atom is 0.325 e. The van der Waals surface area contributed by atoms with Crippen molar-refractivity contribution in [3.8, 4) is 17.2 Å². The van der Waals surface area contributed by atoms with Gasteiger partial charge in [0.1, 0.15) is 23.5 Å². The monoisotopic (exact) mass is 507 g/mol. The molecule has 11 nitrogen and oxygen atoms in total. The van der Waals surface area contributed by atoms with Gasteiger partial charge in [-0.2, -0.15) is 0 Å². The number of nitrogens with one attached hydrogen (secondary N) is 2. The number of carbonyl (C=O) groups excluding carboxylic acids is 4. The Morgan fingerprint density at radius 1 is 1.25 bits per heavy atom. The molecule has 5 rings (SSSR count). The van der Waals surface area contributed by atoms with Crippen LogP contribution in [0.25, 0.3) is 0 Å². The van der Waals surface area contributed by atoms with Gasteiger partial charge in [0.2, 0.25) is 12.7 Å². The van der Waals surface area contributed by atoms with E-state index in [2.05, 4.69) is 15.6 Å². The van der Waals surface area contributed by atoms with E-state index in [1.165, 1.54) is 12.5 Å². The summed E-state index contributed by atoms with van der Waals surface area (Å²) in [6, 6.07) is 8.96. The van der Waals surface area contributed by atoms with Crippen LogP contribution < -0.4 is 24.8 Å². The smallest absolute Gasteiger partial charge is 0.325 e. The topological polar surface area (TPSA) is 136 Å². The van der Waals surface area contributed by atoms with E-state index in [1.807, 2.05) is 0 Å². The summed E-state index contributed by atoms with van der Waals surface area (Å²) in [7, 11) is 1.54. The van der Waals surface area contributed by atoms with Crippen molar-refractivity contribution in [2.75, 3.05) is 19.2 Å². The van der Waals surface area contributed by atoms with Crippen molar-refractivity contribution in [1.29, 1.82) is 0 Å². The van der Waals surface area contributed by atoms with Crippen LogP contribution in [0.1, 0.15) is 22.9 Å². The molecule has 1 fully saturated rings. The number of aromatic nitrogens is 1. The number of nitrogens with zero attached hydrogens (tertiary/aromatic N) is 2. The predicted molar refractivity (Wildman–Crippen MR) is 127 cm³/mol. The minimum absolute atomic E-state index is 0.0415. The number of carbonyl (C=O) groups is 3. The van der Waals surface area contributed by atoms with Gasteiger partial charge in [-0.05, 0) is 35.4 Å². The average molecular weight is 508 g/mol. The van der Waals surface area contributed by atoms with Crippen LogP contribution in [0.2, 0.25) is 0 Å². The molecule has 0 bridgehead atoms. The number of methoxy groups -OCH3 is 1. The molecular formula is C24H19N4O7S. The number of imide groups is 1. The van der Waals surface area contributed by atoms with Gasteiger partial charge in [0.15, 0.2) is 16.6 Å². The molecule has 2 atom stereocenters. The van der Waals surface area contributed by atoms with Crippen molar-refractivity contribution in [2.45, 2.75) is 18.5 Å². The molecule has 36 heavy (non-hydrogen) atoms. The molecule has 2 aliphatic rings. The normalized spacial score (nSPS) is 17.0. The summed E-state index contributed by atoms with van der Waals surface area (Å²) in [5, 5.41) is 6.84. The van der Waals surface area contributed by atoms with E-state index in [4.69, 9.17) is 14.2 Å². The molecule has 12 heteroatoms. The quantitative estimate of drug-likeness (QED) is 0.443. The van der Waals surface area contributed by atoms with E-state index < -0.39 is 29.9 Å². The number of anilines is 1. The Balaban J connectivity index is 1.43. The van der Waals surface area contributed by atoms with Crippen LogP contribution in [0.3, 0.4) is 0 Å². The van der Waals surface area contributed by atoms with Crippen molar-refractivity contribution in [3.63, 3.8) is 0 Å². The Labute approximate surface area is 209 Å². The Bertz CT molecular complexity index is 1340. The second-order valence-corrected chi connectivity index (χ2v) is 8.76. The fourth-order valence-corrected chi connectivity index (χ4v) is 4.60. The lowest BCUT2D eigenvalue weighted by molar-refractivity contribution is -0.134. The minimum Gasteiger partial charge on any atom is -0.497 e. The van der Waals surface area contributed by atoms with Gasteiger partial charge < -0.3 is 24.8 Å². The van der Waals surface area contributed by atoms with Crippen LogP contribution in [0.5, 0.6) is 17.2 Å². The maximum absolute atomic E-state index is 13.5. The van der Waals surface area contributed by atoms with Gasteiger partial charge in [0, 0.05) is 11.8 Å². The van der Waals surface area contributed by atoms with Crippen molar-refractivity contribution >= 4 is 40.6 Å². The van der Waals surface area contributed by atoms with Gasteiger partial charge in [-0.1, -0.05) is 18.2 Å². The molecule has 3 heterocycles. The highest BCUT2D eigenvalue weighted by Gasteiger charge is 2.45. The molecule has 2 unspecified atom stereocenters. The van der Waals surface area contributed by atoms with E-state index in [0.29, 0.717) is 28.4 Å². The molecule has 0 aliphatic carbocycles. The number of hydrogen-bond donors (Lipinski definition) is 2.